The summed E-state index contributed by atoms with van der Waals surface area (Å²) in [4.78, 5) is 25.9. The van der Waals surface area contributed by atoms with E-state index in [1.54, 1.807) is 10.6 Å². The Hall–Kier alpha value is -1.82. The molecule has 0 unspecified atom stereocenters. The van der Waals surface area contributed by atoms with Crippen molar-refractivity contribution in [3.63, 3.8) is 0 Å². The Bertz CT molecular complexity index is 548. The standard InChI is InChI=1S/C17H28N4O2/c18-9-10-19-16(22)6-5-13-21-14-15(7-8-17(21)23)20-11-3-1-2-4-12-20/h7-8,14H,1-6,9-13,18H2,(H,19,22). The molecule has 23 heavy (non-hydrogen) atoms. The molecule has 2 heterocycles. The van der Waals surface area contributed by atoms with E-state index in [1.165, 1.54) is 25.7 Å². The fourth-order valence-corrected chi connectivity index (χ4v) is 2.92. The van der Waals surface area contributed by atoms with Crippen molar-refractivity contribution in [3.8, 4) is 0 Å². The quantitative estimate of drug-likeness (QED) is 0.788. The van der Waals surface area contributed by atoms with Gasteiger partial charge < -0.3 is 20.5 Å². The molecule has 1 aliphatic heterocycles. The number of amides is 1. The van der Waals surface area contributed by atoms with Gasteiger partial charge in [-0.3, -0.25) is 9.59 Å². The summed E-state index contributed by atoms with van der Waals surface area (Å²) >= 11 is 0. The maximum atomic E-state index is 12.0. The maximum Gasteiger partial charge on any atom is 0.250 e. The molecule has 1 saturated heterocycles. The monoisotopic (exact) mass is 320 g/mol. The van der Waals surface area contributed by atoms with E-state index >= 15 is 0 Å². The highest BCUT2D eigenvalue weighted by Crippen LogP contribution is 2.18. The number of hydrogen-bond donors (Lipinski definition) is 2. The fraction of sp³-hybridized carbons (Fsp3) is 0.647. The van der Waals surface area contributed by atoms with Gasteiger partial charge in [0.2, 0.25) is 5.91 Å². The molecule has 2 rings (SSSR count). The number of carbonyl (C=O) groups is 1. The van der Waals surface area contributed by atoms with Gasteiger partial charge in [0.05, 0.1) is 5.69 Å². The molecule has 1 amide bonds. The zero-order valence-corrected chi connectivity index (χ0v) is 13.8. The second-order valence-corrected chi connectivity index (χ2v) is 6.06. The number of rotatable bonds is 7. The third-order valence-corrected chi connectivity index (χ3v) is 4.21. The van der Waals surface area contributed by atoms with Crippen LogP contribution < -0.4 is 21.5 Å². The molecule has 128 valence electrons. The Kier molecular flexibility index (Phi) is 7.13. The van der Waals surface area contributed by atoms with E-state index in [1.807, 2.05) is 12.3 Å². The SMILES string of the molecule is NCCNC(=O)CCCn1cc(N2CCCCCC2)ccc1=O. The third-order valence-electron chi connectivity index (χ3n) is 4.21. The molecule has 0 spiro atoms. The van der Waals surface area contributed by atoms with Gasteiger partial charge in [0.25, 0.3) is 5.56 Å². The van der Waals surface area contributed by atoms with E-state index in [-0.39, 0.29) is 11.5 Å². The number of aryl methyl sites for hydroxylation is 1. The molecule has 0 bridgehead atoms. The lowest BCUT2D eigenvalue weighted by atomic mass is 10.2. The summed E-state index contributed by atoms with van der Waals surface area (Å²) < 4.78 is 1.72. The average molecular weight is 320 g/mol. The lowest BCUT2D eigenvalue weighted by molar-refractivity contribution is -0.121. The van der Waals surface area contributed by atoms with Crippen molar-refractivity contribution in [1.29, 1.82) is 0 Å². The van der Waals surface area contributed by atoms with Crippen molar-refractivity contribution in [3.05, 3.63) is 28.7 Å². The normalized spacial score (nSPS) is 15.3. The van der Waals surface area contributed by atoms with Crippen LogP contribution in [-0.2, 0) is 11.3 Å². The summed E-state index contributed by atoms with van der Waals surface area (Å²) in [6.07, 6.45) is 7.99. The Balaban J connectivity index is 1.92. The van der Waals surface area contributed by atoms with Gasteiger partial charge in [-0.15, -0.1) is 0 Å². The molecule has 0 radical (unpaired) electrons. The molecule has 0 saturated carbocycles. The van der Waals surface area contributed by atoms with Gasteiger partial charge in [-0.25, -0.2) is 0 Å². The minimum atomic E-state index is -0.00839. The van der Waals surface area contributed by atoms with Crippen LogP contribution in [0.15, 0.2) is 23.1 Å². The first kappa shape index (κ1) is 17.5. The van der Waals surface area contributed by atoms with Crippen LogP contribution in [-0.4, -0.2) is 36.7 Å². The largest absolute Gasteiger partial charge is 0.370 e. The van der Waals surface area contributed by atoms with Crippen molar-refractivity contribution in [1.82, 2.24) is 9.88 Å². The van der Waals surface area contributed by atoms with Crippen LogP contribution in [0.1, 0.15) is 38.5 Å². The summed E-state index contributed by atoms with van der Waals surface area (Å²) in [7, 11) is 0. The van der Waals surface area contributed by atoms with Gasteiger partial charge in [-0.1, -0.05) is 12.8 Å². The highest BCUT2D eigenvalue weighted by molar-refractivity contribution is 5.75. The Morgan fingerprint density at radius 2 is 1.91 bits per heavy atom. The summed E-state index contributed by atoms with van der Waals surface area (Å²) in [5, 5.41) is 2.74. The van der Waals surface area contributed by atoms with Gasteiger partial charge in [0, 0.05) is 51.4 Å². The second-order valence-electron chi connectivity index (χ2n) is 6.06. The van der Waals surface area contributed by atoms with Gasteiger partial charge >= 0.3 is 0 Å². The minimum absolute atomic E-state index is 0.00725. The van der Waals surface area contributed by atoms with Crippen molar-refractivity contribution in [2.24, 2.45) is 5.73 Å². The molecular weight excluding hydrogens is 292 g/mol. The fourth-order valence-electron chi connectivity index (χ4n) is 2.92. The van der Waals surface area contributed by atoms with Crippen molar-refractivity contribution < 1.29 is 4.79 Å². The number of hydrogen-bond acceptors (Lipinski definition) is 4. The smallest absolute Gasteiger partial charge is 0.250 e. The first-order chi connectivity index (χ1) is 11.2. The van der Waals surface area contributed by atoms with Gasteiger partial charge in [0.1, 0.15) is 0 Å². The summed E-state index contributed by atoms with van der Waals surface area (Å²) in [5.74, 6) is -0.00725. The predicted molar refractivity (Wildman–Crippen MR) is 92.7 cm³/mol. The third kappa shape index (κ3) is 5.71. The molecule has 3 N–H and O–H groups in total. The van der Waals surface area contributed by atoms with Crippen molar-refractivity contribution in [2.45, 2.75) is 45.1 Å². The second kappa shape index (κ2) is 9.35. The first-order valence-electron chi connectivity index (χ1n) is 8.63. The van der Waals surface area contributed by atoms with Crippen LogP contribution in [0.4, 0.5) is 5.69 Å². The molecule has 0 atom stereocenters. The van der Waals surface area contributed by atoms with Gasteiger partial charge in [-0.2, -0.15) is 0 Å². The predicted octanol–water partition coefficient (Wildman–Crippen LogP) is 1.08. The lowest BCUT2D eigenvalue weighted by Crippen LogP contribution is -2.29. The van der Waals surface area contributed by atoms with Gasteiger partial charge in [0.15, 0.2) is 0 Å². The van der Waals surface area contributed by atoms with Crippen molar-refractivity contribution in [2.75, 3.05) is 31.1 Å². The van der Waals surface area contributed by atoms with Crippen LogP contribution in [0, 0.1) is 0 Å². The van der Waals surface area contributed by atoms with Crippen molar-refractivity contribution >= 4 is 11.6 Å². The molecule has 1 fully saturated rings. The summed E-state index contributed by atoms with van der Waals surface area (Å²) in [5.41, 5.74) is 6.45. The molecule has 1 aromatic heterocycles. The topological polar surface area (TPSA) is 80.4 Å². The Labute approximate surface area is 137 Å². The van der Waals surface area contributed by atoms with E-state index < -0.39 is 0 Å². The molecule has 1 aromatic rings. The van der Waals surface area contributed by atoms with E-state index in [4.69, 9.17) is 5.73 Å². The number of nitrogens with zero attached hydrogens (tertiary/aromatic N) is 2. The highest BCUT2D eigenvalue weighted by Gasteiger charge is 2.11. The van der Waals surface area contributed by atoms with E-state index in [2.05, 4.69) is 10.2 Å². The molecule has 0 aliphatic carbocycles. The molecular formula is C17H28N4O2. The van der Waals surface area contributed by atoms with E-state index in [9.17, 15) is 9.59 Å². The number of aromatic nitrogens is 1. The maximum absolute atomic E-state index is 12.0. The number of nitrogens with one attached hydrogen (secondary N) is 1. The van der Waals surface area contributed by atoms with Gasteiger partial charge in [-0.05, 0) is 25.3 Å². The minimum Gasteiger partial charge on any atom is -0.370 e. The van der Waals surface area contributed by atoms with Crippen LogP contribution in [0.5, 0.6) is 0 Å². The lowest BCUT2D eigenvalue weighted by Gasteiger charge is -2.23. The van der Waals surface area contributed by atoms with Crippen LogP contribution >= 0.6 is 0 Å². The number of pyridine rings is 1. The van der Waals surface area contributed by atoms with E-state index in [0.29, 0.717) is 32.5 Å². The average Bonchev–Trinajstić information content (AvgIpc) is 2.84. The Morgan fingerprint density at radius 3 is 2.61 bits per heavy atom. The number of anilines is 1. The first-order valence-corrected chi connectivity index (χ1v) is 8.63. The Morgan fingerprint density at radius 1 is 1.17 bits per heavy atom. The van der Waals surface area contributed by atoms with Crippen LogP contribution in [0.3, 0.4) is 0 Å². The summed E-state index contributed by atoms with van der Waals surface area (Å²) in [6, 6.07) is 3.55. The van der Waals surface area contributed by atoms with E-state index in [0.717, 1.165) is 18.8 Å². The van der Waals surface area contributed by atoms with Crippen LogP contribution in [0.25, 0.3) is 0 Å². The zero-order valence-electron chi connectivity index (χ0n) is 13.8. The highest BCUT2D eigenvalue weighted by atomic mass is 16.1. The molecule has 6 heteroatoms. The number of carbonyl (C=O) groups excluding carboxylic acids is 1. The summed E-state index contributed by atoms with van der Waals surface area (Å²) in [6.45, 7) is 3.63. The molecule has 0 aromatic carbocycles. The molecule has 6 nitrogen and oxygen atoms in total. The molecule has 1 aliphatic rings. The zero-order chi connectivity index (χ0) is 16.5. The van der Waals surface area contributed by atoms with Crippen LogP contribution in [0.2, 0.25) is 0 Å². The number of nitrogens with two attached hydrogens (primary N) is 1.